The molecule has 0 radical (unpaired) electrons. The zero-order chi connectivity index (χ0) is 15.9. The van der Waals surface area contributed by atoms with Gasteiger partial charge in [0.25, 0.3) is 0 Å². The highest BCUT2D eigenvalue weighted by Gasteiger charge is 2.13. The zero-order valence-electron chi connectivity index (χ0n) is 11.5. The van der Waals surface area contributed by atoms with Crippen LogP contribution in [0.2, 0.25) is 5.02 Å². The average Bonchev–Trinajstić information content (AvgIpc) is 2.50. The van der Waals surface area contributed by atoms with Crippen LogP contribution in [0.4, 0.5) is 0 Å². The number of fused-ring (bicyclic) bond motifs is 2. The lowest BCUT2D eigenvalue weighted by Gasteiger charge is -2.14. The van der Waals surface area contributed by atoms with Gasteiger partial charge in [-0.25, -0.2) is 4.79 Å². The van der Waals surface area contributed by atoms with Gasteiger partial charge in [0.15, 0.2) is 5.43 Å². The molecule has 22 heavy (non-hydrogen) atoms. The smallest absolute Gasteiger partial charge is 0.335 e. The molecule has 3 rings (SSSR count). The molecule has 0 fully saturated rings. The van der Waals surface area contributed by atoms with Gasteiger partial charge in [0.05, 0.1) is 16.6 Å². The van der Waals surface area contributed by atoms with Crippen molar-refractivity contribution >= 4 is 39.4 Å². The van der Waals surface area contributed by atoms with Gasteiger partial charge < -0.3 is 9.67 Å². The van der Waals surface area contributed by atoms with E-state index in [1.165, 1.54) is 12.1 Å². The molecule has 0 atom stereocenters. The van der Waals surface area contributed by atoms with Crippen LogP contribution in [0.5, 0.6) is 0 Å². The number of carbonyl (C=O) groups is 1. The van der Waals surface area contributed by atoms with Crippen molar-refractivity contribution in [3.8, 4) is 0 Å². The van der Waals surface area contributed by atoms with Gasteiger partial charge in [-0.2, -0.15) is 0 Å². The molecular weight excluding hydrogens is 302 g/mol. The van der Waals surface area contributed by atoms with Crippen LogP contribution in [0.1, 0.15) is 10.4 Å². The van der Waals surface area contributed by atoms with Crippen molar-refractivity contribution in [2.24, 2.45) is 0 Å². The van der Waals surface area contributed by atoms with Gasteiger partial charge >= 0.3 is 5.97 Å². The van der Waals surface area contributed by atoms with Crippen molar-refractivity contribution in [3.05, 3.63) is 69.9 Å². The topological polar surface area (TPSA) is 59.3 Å². The Morgan fingerprint density at radius 1 is 1.18 bits per heavy atom. The summed E-state index contributed by atoms with van der Waals surface area (Å²) in [7, 11) is 0. The minimum Gasteiger partial charge on any atom is -0.478 e. The van der Waals surface area contributed by atoms with E-state index in [0.717, 1.165) is 0 Å². The molecule has 5 heteroatoms. The van der Waals surface area contributed by atoms with E-state index in [9.17, 15) is 9.59 Å². The SMILES string of the molecule is C=CCn1c2ccc(C(=O)O)cc2c(=O)c2ccc(Cl)cc21. The number of carboxylic acids is 1. The minimum absolute atomic E-state index is 0.0862. The van der Waals surface area contributed by atoms with E-state index in [0.29, 0.717) is 33.4 Å². The molecular formula is C17H12ClNO3. The van der Waals surface area contributed by atoms with Crippen LogP contribution in [-0.2, 0) is 6.54 Å². The summed E-state index contributed by atoms with van der Waals surface area (Å²) in [6, 6.07) is 9.58. The maximum absolute atomic E-state index is 12.7. The third kappa shape index (κ3) is 2.18. The zero-order valence-corrected chi connectivity index (χ0v) is 12.3. The van der Waals surface area contributed by atoms with Crippen molar-refractivity contribution in [1.29, 1.82) is 0 Å². The Hall–Kier alpha value is -2.59. The Morgan fingerprint density at radius 2 is 1.95 bits per heavy atom. The van der Waals surface area contributed by atoms with E-state index in [2.05, 4.69) is 6.58 Å². The maximum atomic E-state index is 12.7. The number of aromatic carboxylic acids is 1. The first-order chi connectivity index (χ1) is 10.5. The van der Waals surface area contributed by atoms with Crippen LogP contribution < -0.4 is 5.43 Å². The van der Waals surface area contributed by atoms with Gasteiger partial charge in [0, 0.05) is 22.3 Å². The lowest BCUT2D eigenvalue weighted by Crippen LogP contribution is -2.12. The molecule has 4 nitrogen and oxygen atoms in total. The molecule has 110 valence electrons. The molecule has 0 spiro atoms. The van der Waals surface area contributed by atoms with Gasteiger partial charge in [-0.15, -0.1) is 6.58 Å². The van der Waals surface area contributed by atoms with Crippen LogP contribution in [0.15, 0.2) is 53.8 Å². The van der Waals surface area contributed by atoms with E-state index in [4.69, 9.17) is 16.7 Å². The fourth-order valence-electron chi connectivity index (χ4n) is 2.61. The number of benzene rings is 2. The summed E-state index contributed by atoms with van der Waals surface area (Å²) in [5.41, 5.74) is 1.24. The molecule has 0 aliphatic heterocycles. The molecule has 0 saturated carbocycles. The number of aromatic nitrogens is 1. The number of carboxylic acid groups (broad SMARTS) is 1. The molecule has 0 amide bonds. The highest BCUT2D eigenvalue weighted by atomic mass is 35.5. The van der Waals surface area contributed by atoms with Crippen molar-refractivity contribution in [2.75, 3.05) is 0 Å². The van der Waals surface area contributed by atoms with Gasteiger partial charge in [0.1, 0.15) is 0 Å². The van der Waals surface area contributed by atoms with Crippen LogP contribution in [0.3, 0.4) is 0 Å². The largest absolute Gasteiger partial charge is 0.478 e. The third-order valence-electron chi connectivity index (χ3n) is 3.59. The molecule has 0 bridgehead atoms. The summed E-state index contributed by atoms with van der Waals surface area (Å²) in [6.07, 6.45) is 1.72. The normalized spacial score (nSPS) is 11.0. The fraction of sp³-hybridized carbons (Fsp3) is 0.0588. The van der Waals surface area contributed by atoms with E-state index < -0.39 is 5.97 Å². The molecule has 0 aliphatic rings. The molecule has 1 aromatic heterocycles. The van der Waals surface area contributed by atoms with Crippen molar-refractivity contribution < 1.29 is 9.90 Å². The summed E-state index contributed by atoms with van der Waals surface area (Å²) in [4.78, 5) is 23.8. The quantitative estimate of drug-likeness (QED) is 0.592. The Kier molecular flexibility index (Phi) is 3.47. The van der Waals surface area contributed by atoms with E-state index in [1.807, 2.05) is 4.57 Å². The molecule has 0 unspecified atom stereocenters. The minimum atomic E-state index is -1.06. The standard InChI is InChI=1S/C17H12ClNO3/c1-2-7-19-14-6-3-10(17(21)22)8-13(14)16(20)12-5-4-11(18)9-15(12)19/h2-6,8-9H,1,7H2,(H,21,22). The molecule has 1 N–H and O–H groups in total. The van der Waals surface area contributed by atoms with Gasteiger partial charge in [-0.1, -0.05) is 17.7 Å². The van der Waals surface area contributed by atoms with Crippen LogP contribution >= 0.6 is 11.6 Å². The second-order valence-electron chi connectivity index (χ2n) is 4.93. The predicted molar refractivity (Wildman–Crippen MR) is 87.9 cm³/mol. The number of pyridine rings is 1. The van der Waals surface area contributed by atoms with Crippen LogP contribution in [0.25, 0.3) is 21.8 Å². The monoisotopic (exact) mass is 313 g/mol. The molecule has 1 heterocycles. The van der Waals surface area contributed by atoms with E-state index in [-0.39, 0.29) is 11.0 Å². The maximum Gasteiger partial charge on any atom is 0.335 e. The van der Waals surface area contributed by atoms with Gasteiger partial charge in [-0.05, 0) is 36.4 Å². The number of rotatable bonds is 3. The number of hydrogen-bond acceptors (Lipinski definition) is 2. The first-order valence-electron chi connectivity index (χ1n) is 6.63. The number of halogens is 1. The summed E-state index contributed by atoms with van der Waals surface area (Å²) in [5.74, 6) is -1.06. The average molecular weight is 314 g/mol. The Morgan fingerprint density at radius 3 is 2.64 bits per heavy atom. The van der Waals surface area contributed by atoms with Crippen molar-refractivity contribution in [1.82, 2.24) is 4.57 Å². The van der Waals surface area contributed by atoms with Gasteiger partial charge in [-0.3, -0.25) is 4.79 Å². The summed E-state index contributed by atoms with van der Waals surface area (Å²) in [6.45, 7) is 4.22. The molecule has 0 saturated heterocycles. The van der Waals surface area contributed by atoms with E-state index in [1.54, 1.807) is 30.3 Å². The number of allylic oxidation sites excluding steroid dienone is 1. The first kappa shape index (κ1) is 14.4. The lowest BCUT2D eigenvalue weighted by molar-refractivity contribution is 0.0697. The summed E-state index contributed by atoms with van der Waals surface area (Å²) < 4.78 is 1.90. The second-order valence-corrected chi connectivity index (χ2v) is 5.36. The van der Waals surface area contributed by atoms with Crippen LogP contribution in [-0.4, -0.2) is 15.6 Å². The van der Waals surface area contributed by atoms with Gasteiger partial charge in [0.2, 0.25) is 0 Å². The Balaban J connectivity index is 2.54. The molecule has 2 aromatic carbocycles. The van der Waals surface area contributed by atoms with Crippen molar-refractivity contribution in [2.45, 2.75) is 6.54 Å². The molecule has 0 aliphatic carbocycles. The fourth-order valence-corrected chi connectivity index (χ4v) is 2.77. The first-order valence-corrected chi connectivity index (χ1v) is 7.00. The van der Waals surface area contributed by atoms with E-state index >= 15 is 0 Å². The highest BCUT2D eigenvalue weighted by Crippen LogP contribution is 2.23. The third-order valence-corrected chi connectivity index (χ3v) is 3.82. The van der Waals surface area contributed by atoms with Crippen LogP contribution in [0, 0.1) is 0 Å². The lowest BCUT2D eigenvalue weighted by atomic mass is 10.1. The Labute approximate surface area is 130 Å². The molecule has 3 aromatic rings. The highest BCUT2D eigenvalue weighted by molar-refractivity contribution is 6.31. The number of nitrogens with zero attached hydrogens (tertiary/aromatic N) is 1. The second kappa shape index (κ2) is 5.31. The van der Waals surface area contributed by atoms with Crippen molar-refractivity contribution in [3.63, 3.8) is 0 Å². The summed E-state index contributed by atoms with van der Waals surface area (Å²) >= 11 is 6.04. The Bertz CT molecular complexity index is 989. The number of hydrogen-bond donors (Lipinski definition) is 1. The summed E-state index contributed by atoms with van der Waals surface area (Å²) in [5, 5.41) is 10.5. The predicted octanol–water partition coefficient (Wildman–Crippen LogP) is 3.69.